The van der Waals surface area contributed by atoms with Gasteiger partial charge < -0.3 is 10.7 Å². The van der Waals surface area contributed by atoms with E-state index in [0.29, 0.717) is 22.7 Å². The van der Waals surface area contributed by atoms with Crippen LogP contribution in [-0.4, -0.2) is 44.5 Å². The smallest absolute Gasteiger partial charge is 0.233 e. The van der Waals surface area contributed by atoms with Crippen molar-refractivity contribution in [3.8, 4) is 11.4 Å². The number of carbonyl (C=O) groups is 1. The van der Waals surface area contributed by atoms with Crippen LogP contribution in [0.2, 0.25) is 0 Å². The monoisotopic (exact) mass is 345 g/mol. The van der Waals surface area contributed by atoms with E-state index in [1.807, 2.05) is 36.1 Å². The summed E-state index contributed by atoms with van der Waals surface area (Å²) in [6.07, 6.45) is 2.29. The predicted octanol–water partition coefficient (Wildman–Crippen LogP) is 2.32. The molecule has 1 aliphatic heterocycles. The Morgan fingerprint density at radius 1 is 1.33 bits per heavy atom. The molecule has 0 radical (unpaired) electrons. The van der Waals surface area contributed by atoms with E-state index >= 15 is 0 Å². The highest BCUT2D eigenvalue weighted by Crippen LogP contribution is 2.23. The topological polar surface area (TPSA) is 77.0 Å². The van der Waals surface area contributed by atoms with Gasteiger partial charge in [0, 0.05) is 18.7 Å². The number of aryl methyl sites for hydroxylation is 1. The molecule has 0 bridgehead atoms. The van der Waals surface area contributed by atoms with Crippen molar-refractivity contribution >= 4 is 17.7 Å². The molecule has 1 fully saturated rings. The third-order valence-electron chi connectivity index (χ3n) is 4.31. The van der Waals surface area contributed by atoms with Gasteiger partial charge in [0.2, 0.25) is 11.1 Å². The fraction of sp³-hybridized carbons (Fsp3) is 0.471. The molecule has 0 saturated carbocycles. The number of piperidine rings is 1. The van der Waals surface area contributed by atoms with Crippen molar-refractivity contribution in [3.63, 3.8) is 0 Å². The summed E-state index contributed by atoms with van der Waals surface area (Å²) < 4.78 is 1.46. The highest BCUT2D eigenvalue weighted by atomic mass is 32.2. The summed E-state index contributed by atoms with van der Waals surface area (Å²) in [7, 11) is 0. The molecule has 1 aromatic carbocycles. The molecule has 24 heavy (non-hydrogen) atoms. The maximum atomic E-state index is 12.3. The molecule has 1 saturated heterocycles. The molecule has 128 valence electrons. The number of likely N-dealkylation sites (tertiary alicyclic amines) is 1. The summed E-state index contributed by atoms with van der Waals surface area (Å²) >= 11 is 1.34. The van der Waals surface area contributed by atoms with Crippen molar-refractivity contribution in [2.75, 3.05) is 24.7 Å². The minimum absolute atomic E-state index is 0.145. The average Bonchev–Trinajstić information content (AvgIpc) is 2.94. The van der Waals surface area contributed by atoms with Gasteiger partial charge in [0.25, 0.3) is 0 Å². The highest BCUT2D eigenvalue weighted by molar-refractivity contribution is 7.99. The number of hydrogen-bond donors (Lipinski definition) is 1. The Labute approximate surface area is 146 Å². The second kappa shape index (κ2) is 7.25. The number of nitrogens with zero attached hydrogens (tertiary/aromatic N) is 4. The van der Waals surface area contributed by atoms with Crippen LogP contribution in [0.3, 0.4) is 0 Å². The molecular formula is C17H23N5OS. The summed E-state index contributed by atoms with van der Waals surface area (Å²) in [6.45, 7) is 5.93. The lowest BCUT2D eigenvalue weighted by Gasteiger charge is -2.30. The van der Waals surface area contributed by atoms with Gasteiger partial charge in [-0.1, -0.05) is 48.5 Å². The number of nitrogens with two attached hydrogens (primary N) is 1. The minimum Gasteiger partial charge on any atom is -0.342 e. The number of nitrogen functional groups attached to an aromatic ring is 1. The molecule has 7 heteroatoms. The standard InChI is InChI=1S/C17H23N5OS/c1-12-5-7-14(8-6-12)16-19-20-17(22(16)18)24-11-15(23)21-9-3-4-13(2)10-21/h5-8,13H,3-4,9-11,18H2,1-2H3/t13-/m1/s1. The maximum absolute atomic E-state index is 12.3. The molecule has 1 amide bonds. The van der Waals surface area contributed by atoms with E-state index in [2.05, 4.69) is 17.1 Å². The highest BCUT2D eigenvalue weighted by Gasteiger charge is 2.22. The number of hydrogen-bond acceptors (Lipinski definition) is 5. The van der Waals surface area contributed by atoms with Crippen molar-refractivity contribution in [1.82, 2.24) is 19.8 Å². The first-order chi connectivity index (χ1) is 11.5. The van der Waals surface area contributed by atoms with Crippen molar-refractivity contribution in [1.29, 1.82) is 0 Å². The molecule has 0 spiro atoms. The van der Waals surface area contributed by atoms with E-state index in [4.69, 9.17) is 5.84 Å². The Morgan fingerprint density at radius 3 is 2.79 bits per heavy atom. The minimum atomic E-state index is 0.145. The zero-order valence-corrected chi connectivity index (χ0v) is 14.9. The number of rotatable bonds is 4. The lowest BCUT2D eigenvalue weighted by atomic mass is 10.0. The summed E-state index contributed by atoms with van der Waals surface area (Å²) in [5, 5.41) is 8.85. The zero-order chi connectivity index (χ0) is 17.1. The van der Waals surface area contributed by atoms with Gasteiger partial charge in [-0.25, -0.2) is 4.68 Å². The van der Waals surface area contributed by atoms with Crippen LogP contribution in [-0.2, 0) is 4.79 Å². The first-order valence-corrected chi connectivity index (χ1v) is 9.21. The van der Waals surface area contributed by atoms with Gasteiger partial charge in [-0.15, -0.1) is 10.2 Å². The summed E-state index contributed by atoms with van der Waals surface area (Å²) in [6, 6.07) is 7.96. The Bertz CT molecular complexity index is 712. The Kier molecular flexibility index (Phi) is 5.08. The van der Waals surface area contributed by atoms with Crippen LogP contribution in [0.4, 0.5) is 0 Å². The molecule has 6 nitrogen and oxygen atoms in total. The summed E-state index contributed by atoms with van der Waals surface area (Å²) in [4.78, 5) is 14.3. The number of aromatic nitrogens is 3. The Balaban J connectivity index is 1.64. The summed E-state index contributed by atoms with van der Waals surface area (Å²) in [5.41, 5.74) is 2.09. The number of thioether (sulfide) groups is 1. The van der Waals surface area contributed by atoms with Crippen LogP contribution in [0.25, 0.3) is 11.4 Å². The second-order valence-electron chi connectivity index (χ2n) is 6.42. The average molecular weight is 345 g/mol. The van der Waals surface area contributed by atoms with Gasteiger partial charge in [-0.3, -0.25) is 4.79 Å². The van der Waals surface area contributed by atoms with Gasteiger partial charge in [0.15, 0.2) is 5.82 Å². The molecule has 0 unspecified atom stereocenters. The van der Waals surface area contributed by atoms with Crippen LogP contribution < -0.4 is 5.84 Å². The van der Waals surface area contributed by atoms with Crippen LogP contribution >= 0.6 is 11.8 Å². The van der Waals surface area contributed by atoms with Crippen LogP contribution in [0.5, 0.6) is 0 Å². The Hall–Kier alpha value is -2.02. The number of carbonyl (C=O) groups excluding carboxylic acids is 1. The quantitative estimate of drug-likeness (QED) is 0.680. The van der Waals surface area contributed by atoms with E-state index in [9.17, 15) is 4.79 Å². The van der Waals surface area contributed by atoms with Gasteiger partial charge in [0.05, 0.1) is 5.75 Å². The number of benzene rings is 1. The van der Waals surface area contributed by atoms with Crippen molar-refractivity contribution in [2.45, 2.75) is 31.8 Å². The molecule has 1 aromatic heterocycles. The third-order valence-corrected chi connectivity index (χ3v) is 5.24. The largest absolute Gasteiger partial charge is 0.342 e. The van der Waals surface area contributed by atoms with Crippen LogP contribution in [0.1, 0.15) is 25.3 Å². The van der Waals surface area contributed by atoms with Gasteiger partial charge >= 0.3 is 0 Å². The van der Waals surface area contributed by atoms with Gasteiger partial charge in [-0.2, -0.15) is 0 Å². The SMILES string of the molecule is Cc1ccc(-c2nnc(SCC(=O)N3CCC[C@@H](C)C3)n2N)cc1. The zero-order valence-electron chi connectivity index (χ0n) is 14.1. The molecule has 1 aliphatic rings. The van der Waals surface area contributed by atoms with Crippen LogP contribution in [0, 0.1) is 12.8 Å². The van der Waals surface area contributed by atoms with E-state index in [1.165, 1.54) is 28.4 Å². The summed E-state index contributed by atoms with van der Waals surface area (Å²) in [5.74, 6) is 7.78. The fourth-order valence-corrected chi connectivity index (χ4v) is 3.67. The lowest BCUT2D eigenvalue weighted by molar-refractivity contribution is -0.130. The molecule has 0 aliphatic carbocycles. The normalized spacial score (nSPS) is 17.9. The third kappa shape index (κ3) is 3.72. The van der Waals surface area contributed by atoms with Crippen LogP contribution in [0.15, 0.2) is 29.4 Å². The number of amides is 1. The molecule has 1 atom stereocenters. The van der Waals surface area contributed by atoms with Crippen molar-refractivity contribution in [3.05, 3.63) is 29.8 Å². The van der Waals surface area contributed by atoms with E-state index in [1.54, 1.807) is 0 Å². The van der Waals surface area contributed by atoms with Crippen molar-refractivity contribution < 1.29 is 4.79 Å². The molecular weight excluding hydrogens is 322 g/mol. The first-order valence-electron chi connectivity index (χ1n) is 8.22. The molecule has 2 heterocycles. The molecule has 2 aromatic rings. The maximum Gasteiger partial charge on any atom is 0.233 e. The Morgan fingerprint density at radius 2 is 2.08 bits per heavy atom. The molecule has 3 rings (SSSR count). The fourth-order valence-electron chi connectivity index (χ4n) is 2.91. The predicted molar refractivity (Wildman–Crippen MR) is 96.0 cm³/mol. The second-order valence-corrected chi connectivity index (χ2v) is 7.36. The van der Waals surface area contributed by atoms with E-state index in [-0.39, 0.29) is 5.91 Å². The van der Waals surface area contributed by atoms with E-state index < -0.39 is 0 Å². The van der Waals surface area contributed by atoms with Crippen molar-refractivity contribution in [2.24, 2.45) is 5.92 Å². The van der Waals surface area contributed by atoms with Gasteiger partial charge in [-0.05, 0) is 25.7 Å². The molecule has 2 N–H and O–H groups in total. The van der Waals surface area contributed by atoms with Gasteiger partial charge in [0.1, 0.15) is 0 Å². The first kappa shape index (κ1) is 16.8. The van der Waals surface area contributed by atoms with E-state index in [0.717, 1.165) is 25.1 Å². The lowest BCUT2D eigenvalue weighted by Crippen LogP contribution is -2.40.